The molecule has 1 aliphatic carbocycles. The molecule has 0 unspecified atom stereocenters. The number of benzene rings is 1. The predicted octanol–water partition coefficient (Wildman–Crippen LogP) is 3.45. The molecule has 0 spiro atoms. The summed E-state index contributed by atoms with van der Waals surface area (Å²) in [6, 6.07) is 7.08. The zero-order valence-electron chi connectivity index (χ0n) is 18.1. The molecule has 168 valence electrons. The first kappa shape index (κ1) is 20.8. The Morgan fingerprint density at radius 2 is 2.03 bits per heavy atom. The maximum absolute atomic E-state index is 13.7. The molecule has 3 heterocycles. The number of halogens is 1. The number of aromatic nitrogens is 4. The van der Waals surface area contributed by atoms with Crippen molar-refractivity contribution in [2.45, 2.75) is 39.2 Å². The van der Waals surface area contributed by atoms with Crippen LogP contribution >= 0.6 is 0 Å². The van der Waals surface area contributed by atoms with Gasteiger partial charge in [-0.3, -0.25) is 14.3 Å². The molecule has 9 nitrogen and oxygen atoms in total. The number of hydrogen-bond acceptors (Lipinski definition) is 6. The Balaban J connectivity index is 1.45. The number of fused-ring (bicyclic) bond motifs is 1. The predicted molar refractivity (Wildman–Crippen MR) is 117 cm³/mol. The fourth-order valence-electron chi connectivity index (χ4n) is 3.84. The lowest BCUT2D eigenvalue weighted by atomic mass is 10.1. The van der Waals surface area contributed by atoms with E-state index in [4.69, 9.17) is 10.3 Å². The zero-order chi connectivity index (χ0) is 23.3. The van der Waals surface area contributed by atoms with E-state index in [0.717, 1.165) is 36.1 Å². The fourth-order valence-corrected chi connectivity index (χ4v) is 3.84. The van der Waals surface area contributed by atoms with Crippen LogP contribution in [0.5, 0.6) is 0 Å². The van der Waals surface area contributed by atoms with Gasteiger partial charge in [0.25, 0.3) is 11.8 Å². The van der Waals surface area contributed by atoms with E-state index >= 15 is 0 Å². The Kier molecular flexibility index (Phi) is 4.92. The maximum Gasteiger partial charge on any atom is 0.267 e. The summed E-state index contributed by atoms with van der Waals surface area (Å²) in [5, 5.41) is 11.9. The molecule has 1 saturated carbocycles. The average Bonchev–Trinajstić information content (AvgIpc) is 3.47. The lowest BCUT2D eigenvalue weighted by Gasteiger charge is -2.10. The Labute approximate surface area is 187 Å². The van der Waals surface area contributed by atoms with E-state index in [2.05, 4.69) is 20.6 Å². The van der Waals surface area contributed by atoms with E-state index < -0.39 is 17.6 Å². The third-order valence-corrected chi connectivity index (χ3v) is 5.76. The molecule has 0 radical (unpaired) electrons. The van der Waals surface area contributed by atoms with Crippen molar-refractivity contribution in [3.05, 3.63) is 70.2 Å². The summed E-state index contributed by atoms with van der Waals surface area (Å²) >= 11 is 0. The number of anilines is 1. The van der Waals surface area contributed by atoms with Crippen molar-refractivity contribution >= 4 is 28.4 Å². The molecule has 4 aromatic rings. The average molecular weight is 448 g/mol. The van der Waals surface area contributed by atoms with Gasteiger partial charge in [0.05, 0.1) is 34.7 Å². The van der Waals surface area contributed by atoms with Gasteiger partial charge in [-0.1, -0.05) is 5.16 Å². The Morgan fingerprint density at radius 3 is 2.76 bits per heavy atom. The summed E-state index contributed by atoms with van der Waals surface area (Å²) in [5.41, 5.74) is 8.21. The molecule has 1 aliphatic rings. The molecule has 10 heteroatoms. The number of carbonyl (C=O) groups excluding carboxylic acids is 2. The summed E-state index contributed by atoms with van der Waals surface area (Å²) in [6.45, 7) is 4.03. The van der Waals surface area contributed by atoms with Gasteiger partial charge in [-0.2, -0.15) is 5.10 Å². The van der Waals surface area contributed by atoms with Gasteiger partial charge in [-0.05, 0) is 44.9 Å². The molecule has 5 rings (SSSR count). The SMILES string of the molecule is Cc1nn(Cc2cc(C3CC3)on2)c(C)c1NC(=O)c1cc(C(N)=O)nc2cc(F)ccc12. The molecule has 3 N–H and O–H groups in total. The number of primary amides is 1. The number of carbonyl (C=O) groups is 2. The minimum absolute atomic E-state index is 0.125. The highest BCUT2D eigenvalue weighted by Gasteiger charge is 2.28. The molecule has 3 aromatic heterocycles. The lowest BCUT2D eigenvalue weighted by molar-refractivity contribution is 0.0996. The number of nitrogens with zero attached hydrogens (tertiary/aromatic N) is 4. The number of amides is 2. The van der Waals surface area contributed by atoms with E-state index in [1.54, 1.807) is 11.6 Å². The fraction of sp³-hybridized carbons (Fsp3) is 0.261. The van der Waals surface area contributed by atoms with Gasteiger partial charge in [0.1, 0.15) is 23.0 Å². The molecular weight excluding hydrogens is 427 g/mol. The van der Waals surface area contributed by atoms with Gasteiger partial charge < -0.3 is 15.6 Å². The Bertz CT molecular complexity index is 1420. The summed E-state index contributed by atoms with van der Waals surface area (Å²) in [6.07, 6.45) is 2.25. The molecule has 1 aromatic carbocycles. The molecule has 0 atom stereocenters. The van der Waals surface area contributed by atoms with Gasteiger partial charge in [0.15, 0.2) is 0 Å². The van der Waals surface area contributed by atoms with Gasteiger partial charge >= 0.3 is 0 Å². The van der Waals surface area contributed by atoms with Gasteiger partial charge in [0, 0.05) is 23.4 Å². The van der Waals surface area contributed by atoms with Crippen LogP contribution < -0.4 is 11.1 Å². The summed E-state index contributed by atoms with van der Waals surface area (Å²) in [5.74, 6) is -0.469. The van der Waals surface area contributed by atoms with E-state index in [1.807, 2.05) is 13.0 Å². The first-order valence-corrected chi connectivity index (χ1v) is 10.5. The molecule has 33 heavy (non-hydrogen) atoms. The molecule has 0 bridgehead atoms. The largest absolute Gasteiger partial charge is 0.364 e. The number of nitrogens with one attached hydrogen (secondary N) is 1. The minimum Gasteiger partial charge on any atom is -0.364 e. The lowest BCUT2D eigenvalue weighted by Crippen LogP contribution is -2.18. The molecule has 0 aliphatic heterocycles. The van der Waals surface area contributed by atoms with E-state index in [1.165, 1.54) is 18.2 Å². The third-order valence-electron chi connectivity index (χ3n) is 5.76. The Morgan fingerprint density at radius 1 is 1.24 bits per heavy atom. The van der Waals surface area contributed by atoms with Crippen molar-refractivity contribution in [1.29, 1.82) is 0 Å². The second kappa shape index (κ2) is 7.80. The first-order chi connectivity index (χ1) is 15.8. The highest BCUT2D eigenvalue weighted by Crippen LogP contribution is 2.40. The highest BCUT2D eigenvalue weighted by molar-refractivity contribution is 6.14. The quantitative estimate of drug-likeness (QED) is 0.465. The third kappa shape index (κ3) is 3.95. The van der Waals surface area contributed by atoms with Crippen LogP contribution in [0.15, 0.2) is 34.9 Å². The summed E-state index contributed by atoms with van der Waals surface area (Å²) in [7, 11) is 0. The topological polar surface area (TPSA) is 129 Å². The monoisotopic (exact) mass is 448 g/mol. The van der Waals surface area contributed by atoms with Crippen molar-refractivity contribution in [3.8, 4) is 0 Å². The summed E-state index contributed by atoms with van der Waals surface area (Å²) in [4.78, 5) is 29.0. The van der Waals surface area contributed by atoms with Crippen molar-refractivity contribution in [2.24, 2.45) is 5.73 Å². The van der Waals surface area contributed by atoms with Crippen LogP contribution in [-0.2, 0) is 6.54 Å². The smallest absolute Gasteiger partial charge is 0.267 e. The van der Waals surface area contributed by atoms with Crippen LogP contribution in [0.1, 0.15) is 62.4 Å². The molecule has 1 fully saturated rings. The second-order valence-corrected chi connectivity index (χ2v) is 8.23. The van der Waals surface area contributed by atoms with Gasteiger partial charge in [-0.15, -0.1) is 0 Å². The van der Waals surface area contributed by atoms with Crippen molar-refractivity contribution in [2.75, 3.05) is 5.32 Å². The van der Waals surface area contributed by atoms with Crippen molar-refractivity contribution < 1.29 is 18.5 Å². The zero-order valence-corrected chi connectivity index (χ0v) is 18.1. The first-order valence-electron chi connectivity index (χ1n) is 10.5. The standard InChI is InChI=1S/C23H21FN6O3/c1-11-21(12(2)30(28-11)10-15-8-20(33-29-15)13-3-4-13)27-23(32)17-9-19(22(25)31)26-18-7-14(24)5-6-16(17)18/h5-9,13H,3-4,10H2,1-2H3,(H2,25,31)(H,27,32). The number of pyridine rings is 1. The summed E-state index contributed by atoms with van der Waals surface area (Å²) < 4.78 is 20.9. The van der Waals surface area contributed by atoms with Crippen LogP contribution in [0, 0.1) is 19.7 Å². The Hall–Kier alpha value is -4.08. The van der Waals surface area contributed by atoms with E-state index in [0.29, 0.717) is 29.2 Å². The van der Waals surface area contributed by atoms with Gasteiger partial charge in [0.2, 0.25) is 0 Å². The van der Waals surface area contributed by atoms with Crippen molar-refractivity contribution in [1.82, 2.24) is 19.9 Å². The molecule has 2 amide bonds. The van der Waals surface area contributed by atoms with Crippen molar-refractivity contribution in [3.63, 3.8) is 0 Å². The van der Waals surface area contributed by atoms with Crippen LogP contribution in [0.2, 0.25) is 0 Å². The molecular formula is C23H21FN6O3. The van der Waals surface area contributed by atoms with Crippen LogP contribution in [0.4, 0.5) is 10.1 Å². The normalized spacial score (nSPS) is 13.4. The number of rotatable bonds is 6. The second-order valence-electron chi connectivity index (χ2n) is 8.23. The van der Waals surface area contributed by atoms with Crippen LogP contribution in [0.25, 0.3) is 10.9 Å². The van der Waals surface area contributed by atoms with Crippen LogP contribution in [-0.4, -0.2) is 31.7 Å². The molecule has 0 saturated heterocycles. The number of aryl methyl sites for hydroxylation is 1. The van der Waals surface area contributed by atoms with E-state index in [-0.39, 0.29) is 16.8 Å². The highest BCUT2D eigenvalue weighted by atomic mass is 19.1. The van der Waals surface area contributed by atoms with E-state index in [9.17, 15) is 14.0 Å². The van der Waals surface area contributed by atoms with Gasteiger partial charge in [-0.25, -0.2) is 9.37 Å². The maximum atomic E-state index is 13.7. The van der Waals surface area contributed by atoms with Crippen LogP contribution in [0.3, 0.4) is 0 Å². The number of nitrogens with two attached hydrogens (primary N) is 1. The number of hydrogen-bond donors (Lipinski definition) is 2. The minimum atomic E-state index is -0.812.